The van der Waals surface area contributed by atoms with Gasteiger partial charge in [0.1, 0.15) is 0 Å². The van der Waals surface area contributed by atoms with Crippen LogP contribution in [-0.2, 0) is 0 Å². The van der Waals surface area contributed by atoms with Crippen LogP contribution in [0.2, 0.25) is 0 Å². The molecule has 0 spiro atoms. The molecule has 0 fully saturated rings. The number of nitriles is 1. The summed E-state index contributed by atoms with van der Waals surface area (Å²) in [4.78, 5) is 14.9. The van der Waals surface area contributed by atoms with Gasteiger partial charge in [-0.05, 0) is 72.8 Å². The summed E-state index contributed by atoms with van der Waals surface area (Å²) >= 11 is 0. The molecule has 0 aliphatic carbocycles. The van der Waals surface area contributed by atoms with Crippen molar-refractivity contribution in [3.05, 3.63) is 175 Å². The molecule has 0 unspecified atom stereocenters. The summed E-state index contributed by atoms with van der Waals surface area (Å²) in [6, 6.07) is 60.7. The average Bonchev–Trinajstić information content (AvgIpc) is 3.20. The summed E-state index contributed by atoms with van der Waals surface area (Å²) in [5, 5.41) is 16.6. The van der Waals surface area contributed by atoms with Crippen molar-refractivity contribution in [3.63, 3.8) is 0 Å². The lowest BCUT2D eigenvalue weighted by atomic mass is 9.89. The van der Waals surface area contributed by atoms with Crippen molar-refractivity contribution in [3.8, 4) is 62.5 Å². The smallest absolute Gasteiger partial charge is 0.164 e. The molecule has 9 aromatic rings. The monoisotopic (exact) mass is 636 g/mol. The molecule has 0 amide bonds. The van der Waals surface area contributed by atoms with Crippen molar-refractivity contribution < 1.29 is 0 Å². The van der Waals surface area contributed by atoms with Crippen LogP contribution in [0.25, 0.3) is 88.7 Å². The highest BCUT2D eigenvalue weighted by Crippen LogP contribution is 2.40. The van der Waals surface area contributed by atoms with Crippen molar-refractivity contribution in [2.75, 3.05) is 0 Å². The van der Waals surface area contributed by atoms with Gasteiger partial charge in [0.2, 0.25) is 0 Å². The van der Waals surface area contributed by atoms with Crippen LogP contribution in [0.4, 0.5) is 0 Å². The van der Waals surface area contributed by atoms with E-state index in [1.807, 2.05) is 66.7 Å². The maximum Gasteiger partial charge on any atom is 0.164 e. The third-order valence-corrected chi connectivity index (χ3v) is 9.34. The Morgan fingerprint density at radius 1 is 0.360 bits per heavy atom. The summed E-state index contributed by atoms with van der Waals surface area (Å²) in [6.07, 6.45) is 0. The van der Waals surface area contributed by atoms with Gasteiger partial charge in [0, 0.05) is 16.7 Å². The molecular formula is C46H28N4. The van der Waals surface area contributed by atoms with Crippen molar-refractivity contribution >= 4 is 32.3 Å². The second kappa shape index (κ2) is 12.2. The molecule has 8 aromatic carbocycles. The van der Waals surface area contributed by atoms with Crippen LogP contribution in [0.3, 0.4) is 0 Å². The van der Waals surface area contributed by atoms with Crippen LogP contribution in [0.5, 0.6) is 0 Å². The van der Waals surface area contributed by atoms with E-state index in [2.05, 4.69) is 109 Å². The van der Waals surface area contributed by atoms with Crippen LogP contribution >= 0.6 is 0 Å². The number of nitrogens with zero attached hydrogens (tertiary/aromatic N) is 4. The topological polar surface area (TPSA) is 62.5 Å². The zero-order valence-electron chi connectivity index (χ0n) is 27.0. The number of fused-ring (bicyclic) bond motifs is 4. The fraction of sp³-hybridized carbons (Fsp3) is 0. The summed E-state index contributed by atoms with van der Waals surface area (Å²) in [7, 11) is 0. The zero-order valence-corrected chi connectivity index (χ0v) is 27.0. The average molecular weight is 637 g/mol. The van der Waals surface area contributed by atoms with Crippen LogP contribution < -0.4 is 0 Å². The molecule has 0 aliphatic heterocycles. The van der Waals surface area contributed by atoms with Crippen LogP contribution in [0.1, 0.15) is 5.56 Å². The molecule has 232 valence electrons. The molecule has 0 radical (unpaired) electrons. The molecule has 0 N–H and O–H groups in total. The van der Waals surface area contributed by atoms with Gasteiger partial charge in [-0.2, -0.15) is 5.26 Å². The number of aromatic nitrogens is 3. The van der Waals surface area contributed by atoms with Crippen molar-refractivity contribution in [2.24, 2.45) is 0 Å². The van der Waals surface area contributed by atoms with Gasteiger partial charge in [-0.1, -0.05) is 152 Å². The van der Waals surface area contributed by atoms with E-state index in [-0.39, 0.29) is 0 Å². The van der Waals surface area contributed by atoms with E-state index in [0.29, 0.717) is 23.0 Å². The molecule has 0 saturated carbocycles. The highest BCUT2D eigenvalue weighted by molar-refractivity contribution is 6.21. The maximum absolute atomic E-state index is 9.18. The number of benzene rings is 8. The molecule has 0 aliphatic rings. The molecule has 50 heavy (non-hydrogen) atoms. The van der Waals surface area contributed by atoms with Crippen molar-refractivity contribution in [1.29, 1.82) is 5.26 Å². The second-order valence-electron chi connectivity index (χ2n) is 12.4. The van der Waals surface area contributed by atoms with Gasteiger partial charge in [-0.25, -0.2) is 15.0 Å². The van der Waals surface area contributed by atoms with Crippen LogP contribution in [0, 0.1) is 11.3 Å². The zero-order chi connectivity index (χ0) is 33.4. The van der Waals surface area contributed by atoms with Gasteiger partial charge in [-0.15, -0.1) is 0 Å². The highest BCUT2D eigenvalue weighted by Gasteiger charge is 2.16. The van der Waals surface area contributed by atoms with Crippen molar-refractivity contribution in [2.45, 2.75) is 0 Å². The quantitative estimate of drug-likeness (QED) is 0.139. The number of hydrogen-bond acceptors (Lipinski definition) is 4. The Bertz CT molecular complexity index is 2730. The lowest BCUT2D eigenvalue weighted by molar-refractivity contribution is 1.07. The highest BCUT2D eigenvalue weighted by atomic mass is 15.0. The Hall–Kier alpha value is -6.96. The molecule has 0 saturated heterocycles. The largest absolute Gasteiger partial charge is 0.208 e. The van der Waals surface area contributed by atoms with E-state index in [1.54, 1.807) is 0 Å². The van der Waals surface area contributed by atoms with Gasteiger partial charge in [0.05, 0.1) is 11.6 Å². The maximum atomic E-state index is 9.18. The third-order valence-electron chi connectivity index (χ3n) is 9.34. The van der Waals surface area contributed by atoms with E-state index in [0.717, 1.165) is 33.4 Å². The SMILES string of the molecule is N#Cc1ccc(-c2ccc(-c3nc(-c4ccccc4)nc(-c4ccc(-c5c6ccccc6cc6ccc7ccccc7c56)cc4)n3)cc2)cc1. The molecular weight excluding hydrogens is 609 g/mol. The van der Waals surface area contributed by atoms with E-state index in [9.17, 15) is 5.26 Å². The lowest BCUT2D eigenvalue weighted by Gasteiger charge is -2.15. The fourth-order valence-corrected chi connectivity index (χ4v) is 6.83. The summed E-state index contributed by atoms with van der Waals surface area (Å²) in [5.41, 5.74) is 7.85. The Morgan fingerprint density at radius 2 is 0.820 bits per heavy atom. The first-order valence-corrected chi connectivity index (χ1v) is 16.6. The first kappa shape index (κ1) is 29.2. The van der Waals surface area contributed by atoms with Gasteiger partial charge >= 0.3 is 0 Å². The molecule has 9 rings (SSSR count). The van der Waals surface area contributed by atoms with Gasteiger partial charge in [0.15, 0.2) is 17.5 Å². The van der Waals surface area contributed by atoms with Crippen LogP contribution in [-0.4, -0.2) is 15.0 Å². The van der Waals surface area contributed by atoms with E-state index in [1.165, 1.54) is 37.9 Å². The Morgan fingerprint density at radius 3 is 1.44 bits per heavy atom. The molecule has 0 bridgehead atoms. The van der Waals surface area contributed by atoms with Gasteiger partial charge in [0.25, 0.3) is 0 Å². The van der Waals surface area contributed by atoms with E-state index in [4.69, 9.17) is 15.0 Å². The standard InChI is InChI=1S/C46H28N4/c47-29-30-14-16-31(17-15-30)32-18-23-36(24-19-32)45-48-44(35-9-2-1-3-10-35)49-46(50-45)37-25-21-34(22-26-37)42-41-13-7-5-11-38(41)28-39-27-20-33-8-4-6-12-40(33)43(39)42/h1-28H. The fourth-order valence-electron chi connectivity index (χ4n) is 6.83. The summed E-state index contributed by atoms with van der Waals surface area (Å²) < 4.78 is 0. The minimum absolute atomic E-state index is 0.607. The minimum atomic E-state index is 0.607. The normalized spacial score (nSPS) is 11.2. The minimum Gasteiger partial charge on any atom is -0.208 e. The van der Waals surface area contributed by atoms with E-state index < -0.39 is 0 Å². The third kappa shape index (κ3) is 5.24. The van der Waals surface area contributed by atoms with Gasteiger partial charge in [-0.3, -0.25) is 0 Å². The Balaban J connectivity index is 1.16. The Kier molecular flexibility index (Phi) is 7.15. The Labute approximate surface area is 289 Å². The second-order valence-corrected chi connectivity index (χ2v) is 12.4. The molecule has 1 heterocycles. The van der Waals surface area contributed by atoms with Gasteiger partial charge < -0.3 is 0 Å². The first-order valence-electron chi connectivity index (χ1n) is 16.6. The van der Waals surface area contributed by atoms with Crippen molar-refractivity contribution in [1.82, 2.24) is 15.0 Å². The molecule has 4 heteroatoms. The summed E-state index contributed by atoms with van der Waals surface area (Å²) in [6.45, 7) is 0. The predicted molar refractivity (Wildman–Crippen MR) is 204 cm³/mol. The van der Waals surface area contributed by atoms with E-state index >= 15 is 0 Å². The predicted octanol–water partition coefficient (Wildman–Crippen LogP) is 11.5. The molecule has 0 atom stereocenters. The lowest BCUT2D eigenvalue weighted by Crippen LogP contribution is -2.00. The molecule has 4 nitrogen and oxygen atoms in total. The number of rotatable bonds is 5. The number of hydrogen-bond donors (Lipinski definition) is 0. The molecule has 1 aromatic heterocycles. The van der Waals surface area contributed by atoms with Crippen LogP contribution in [0.15, 0.2) is 170 Å². The first-order chi connectivity index (χ1) is 24.7. The summed E-state index contributed by atoms with van der Waals surface area (Å²) in [5.74, 6) is 1.85.